The smallest absolute Gasteiger partial charge is 0.322 e. The fraction of sp³-hybridized carbons (Fsp3) is 0.474. The van der Waals surface area contributed by atoms with Crippen LogP contribution in [0.4, 0.5) is 10.5 Å². The van der Waals surface area contributed by atoms with Gasteiger partial charge in [0.2, 0.25) is 0 Å². The molecule has 2 amide bonds. The van der Waals surface area contributed by atoms with Crippen molar-refractivity contribution in [3.63, 3.8) is 0 Å². The third kappa shape index (κ3) is 3.03. The van der Waals surface area contributed by atoms with E-state index in [9.17, 15) is 4.79 Å². The zero-order valence-electron chi connectivity index (χ0n) is 14.8. The second kappa shape index (κ2) is 6.67. The monoisotopic (exact) mass is 327 g/mol. The number of benzene rings is 1. The highest BCUT2D eigenvalue weighted by Gasteiger charge is 2.34. The minimum Gasteiger partial charge on any atom is -0.361 e. The molecule has 0 saturated carbocycles. The molecule has 2 aromatic rings. The van der Waals surface area contributed by atoms with Gasteiger partial charge < -0.3 is 14.7 Å². The first-order valence-corrected chi connectivity index (χ1v) is 8.61. The van der Waals surface area contributed by atoms with E-state index < -0.39 is 0 Å². The number of aryl methyl sites for hydroxylation is 4. The molecule has 2 heterocycles. The molecule has 3 rings (SSSR count). The minimum absolute atomic E-state index is 0.0474. The lowest BCUT2D eigenvalue weighted by Crippen LogP contribution is -2.35. The number of nitrogens with one attached hydrogen (secondary N) is 1. The zero-order chi connectivity index (χ0) is 17.3. The fourth-order valence-electron chi connectivity index (χ4n) is 3.47. The zero-order valence-corrected chi connectivity index (χ0v) is 14.8. The van der Waals surface area contributed by atoms with Crippen molar-refractivity contribution in [2.45, 2.75) is 53.0 Å². The summed E-state index contributed by atoms with van der Waals surface area (Å²) in [6, 6.07) is 6.11. The molecule has 1 N–H and O–H groups in total. The maximum Gasteiger partial charge on any atom is 0.322 e. The molecule has 0 aliphatic carbocycles. The minimum atomic E-state index is -0.0474. The number of anilines is 1. The van der Waals surface area contributed by atoms with Gasteiger partial charge in [0.25, 0.3) is 0 Å². The molecule has 1 atom stereocenters. The lowest BCUT2D eigenvalue weighted by Gasteiger charge is -2.25. The molecule has 1 saturated heterocycles. The highest BCUT2D eigenvalue weighted by Crippen LogP contribution is 2.36. The molecule has 1 fully saturated rings. The number of hydrogen-bond donors (Lipinski definition) is 1. The molecule has 5 nitrogen and oxygen atoms in total. The van der Waals surface area contributed by atoms with Crippen molar-refractivity contribution in [2.75, 3.05) is 11.9 Å². The first kappa shape index (κ1) is 16.6. The Morgan fingerprint density at radius 3 is 2.92 bits per heavy atom. The van der Waals surface area contributed by atoms with Gasteiger partial charge in [0.05, 0.1) is 11.7 Å². The van der Waals surface area contributed by atoms with Crippen LogP contribution in [0.5, 0.6) is 0 Å². The number of carbonyl (C=O) groups excluding carboxylic acids is 1. The Morgan fingerprint density at radius 1 is 1.38 bits per heavy atom. The number of hydrogen-bond acceptors (Lipinski definition) is 3. The Balaban J connectivity index is 1.84. The molecule has 0 radical (unpaired) electrons. The average Bonchev–Trinajstić information content (AvgIpc) is 3.16. The average molecular weight is 327 g/mol. The first-order valence-electron chi connectivity index (χ1n) is 8.61. The van der Waals surface area contributed by atoms with Gasteiger partial charge in [-0.05, 0) is 50.8 Å². The van der Waals surface area contributed by atoms with E-state index in [4.69, 9.17) is 4.52 Å². The summed E-state index contributed by atoms with van der Waals surface area (Å²) in [4.78, 5) is 14.8. The fourth-order valence-corrected chi connectivity index (χ4v) is 3.47. The van der Waals surface area contributed by atoms with Crippen LogP contribution in [0.25, 0.3) is 0 Å². The van der Waals surface area contributed by atoms with Crippen LogP contribution in [0.2, 0.25) is 0 Å². The molecule has 1 aliphatic rings. The predicted octanol–water partition coefficient (Wildman–Crippen LogP) is 4.53. The second-order valence-electron chi connectivity index (χ2n) is 6.56. The van der Waals surface area contributed by atoms with Crippen LogP contribution in [0.3, 0.4) is 0 Å². The highest BCUT2D eigenvalue weighted by atomic mass is 16.5. The van der Waals surface area contributed by atoms with Crippen LogP contribution in [0.1, 0.15) is 54.0 Å². The van der Waals surface area contributed by atoms with Crippen LogP contribution in [0.15, 0.2) is 22.7 Å². The predicted molar refractivity (Wildman–Crippen MR) is 94.2 cm³/mol. The van der Waals surface area contributed by atoms with Crippen LogP contribution >= 0.6 is 0 Å². The number of aromatic nitrogens is 1. The summed E-state index contributed by atoms with van der Waals surface area (Å²) in [5.74, 6) is 0.893. The van der Waals surface area contributed by atoms with Gasteiger partial charge >= 0.3 is 6.03 Å². The van der Waals surface area contributed by atoms with Crippen LogP contribution in [-0.4, -0.2) is 22.6 Å². The van der Waals surface area contributed by atoms with Crippen molar-refractivity contribution in [3.8, 4) is 0 Å². The molecule has 1 aromatic heterocycles. The summed E-state index contributed by atoms with van der Waals surface area (Å²) in [6.45, 7) is 8.81. The summed E-state index contributed by atoms with van der Waals surface area (Å²) in [6.07, 6.45) is 2.74. The molecule has 128 valence electrons. The van der Waals surface area contributed by atoms with Gasteiger partial charge in [-0.3, -0.25) is 0 Å². The SMILES string of the molecule is CCc1onc(C)c1C1CCCN1C(=O)Nc1cc(C)ccc1C. The Hall–Kier alpha value is -2.30. The number of carbonyl (C=O) groups is 1. The summed E-state index contributed by atoms with van der Waals surface area (Å²) in [5, 5.41) is 7.18. The summed E-state index contributed by atoms with van der Waals surface area (Å²) >= 11 is 0. The van der Waals surface area contributed by atoms with Crippen LogP contribution < -0.4 is 5.32 Å². The van der Waals surface area contributed by atoms with E-state index in [1.165, 1.54) is 0 Å². The van der Waals surface area contributed by atoms with Crippen molar-refractivity contribution in [2.24, 2.45) is 0 Å². The normalized spacial score (nSPS) is 17.3. The number of amides is 2. The molecular weight excluding hydrogens is 302 g/mol. The molecule has 1 aromatic carbocycles. The van der Waals surface area contributed by atoms with E-state index in [2.05, 4.69) is 23.5 Å². The van der Waals surface area contributed by atoms with Gasteiger partial charge in [-0.15, -0.1) is 0 Å². The lowest BCUT2D eigenvalue weighted by molar-refractivity contribution is 0.206. The Bertz CT molecular complexity index is 751. The molecule has 1 unspecified atom stereocenters. The second-order valence-corrected chi connectivity index (χ2v) is 6.56. The molecule has 0 bridgehead atoms. The largest absolute Gasteiger partial charge is 0.361 e. The summed E-state index contributed by atoms with van der Waals surface area (Å²) in [7, 11) is 0. The Labute approximate surface area is 143 Å². The van der Waals surface area contributed by atoms with Crippen LogP contribution in [0, 0.1) is 20.8 Å². The molecule has 24 heavy (non-hydrogen) atoms. The number of urea groups is 1. The van der Waals surface area contributed by atoms with E-state index in [1.54, 1.807) is 0 Å². The molecule has 5 heteroatoms. The van der Waals surface area contributed by atoms with Gasteiger partial charge in [0.15, 0.2) is 0 Å². The Morgan fingerprint density at radius 2 is 2.17 bits per heavy atom. The quantitative estimate of drug-likeness (QED) is 0.901. The van der Waals surface area contributed by atoms with Crippen molar-refractivity contribution in [3.05, 3.63) is 46.3 Å². The van der Waals surface area contributed by atoms with Gasteiger partial charge in [-0.2, -0.15) is 0 Å². The third-order valence-corrected chi connectivity index (χ3v) is 4.79. The van der Waals surface area contributed by atoms with Crippen molar-refractivity contribution in [1.82, 2.24) is 10.1 Å². The maximum absolute atomic E-state index is 12.9. The number of rotatable bonds is 3. The summed E-state index contributed by atoms with van der Waals surface area (Å²) in [5.41, 5.74) is 5.06. The van der Waals surface area contributed by atoms with Gasteiger partial charge in [0.1, 0.15) is 5.76 Å². The van der Waals surface area contributed by atoms with E-state index in [-0.39, 0.29) is 12.1 Å². The van der Waals surface area contributed by atoms with Gasteiger partial charge in [-0.25, -0.2) is 4.79 Å². The number of nitrogens with zero attached hydrogens (tertiary/aromatic N) is 2. The van der Waals surface area contributed by atoms with E-state index in [0.717, 1.165) is 59.6 Å². The van der Waals surface area contributed by atoms with Crippen LogP contribution in [-0.2, 0) is 6.42 Å². The molecule has 0 spiro atoms. The van der Waals surface area contributed by atoms with Crippen molar-refractivity contribution in [1.29, 1.82) is 0 Å². The van der Waals surface area contributed by atoms with E-state index in [0.29, 0.717) is 0 Å². The van der Waals surface area contributed by atoms with Gasteiger partial charge in [0, 0.05) is 24.2 Å². The standard InChI is InChI=1S/C19H25N3O2/c1-5-17-18(14(4)21-24-17)16-7-6-10-22(16)19(23)20-15-11-12(2)8-9-13(15)3/h8-9,11,16H,5-7,10H2,1-4H3,(H,20,23). The lowest BCUT2D eigenvalue weighted by atomic mass is 10.0. The Kier molecular flexibility index (Phi) is 4.60. The third-order valence-electron chi connectivity index (χ3n) is 4.79. The van der Waals surface area contributed by atoms with Crippen molar-refractivity contribution < 1.29 is 9.32 Å². The maximum atomic E-state index is 12.9. The molecule has 1 aliphatic heterocycles. The van der Waals surface area contributed by atoms with E-state index in [1.807, 2.05) is 37.8 Å². The van der Waals surface area contributed by atoms with Crippen molar-refractivity contribution >= 4 is 11.7 Å². The first-order chi connectivity index (χ1) is 11.5. The van der Waals surface area contributed by atoms with E-state index >= 15 is 0 Å². The highest BCUT2D eigenvalue weighted by molar-refractivity contribution is 5.90. The molecular formula is C19H25N3O2. The topological polar surface area (TPSA) is 58.4 Å². The number of likely N-dealkylation sites (tertiary alicyclic amines) is 1. The summed E-state index contributed by atoms with van der Waals surface area (Å²) < 4.78 is 5.43. The van der Waals surface area contributed by atoms with Gasteiger partial charge in [-0.1, -0.05) is 24.2 Å².